The van der Waals surface area contributed by atoms with Crippen LogP contribution in [0.25, 0.3) is 0 Å². The van der Waals surface area contributed by atoms with Crippen LogP contribution in [0.3, 0.4) is 0 Å². The van der Waals surface area contributed by atoms with Crippen molar-refractivity contribution >= 4 is 6.03 Å². The standard InChI is InChI=1S/C14H23N5O3/c1-10-4-2-3-5-18(10)14(21)15-12-8-22-9-13(12)19-6-11(7-20)16-17-19/h6,10,12-13,20H,2-5,7-9H2,1H3,(H,15,21)/t10?,12-,13+/m1/s1. The summed E-state index contributed by atoms with van der Waals surface area (Å²) in [4.78, 5) is 14.4. The van der Waals surface area contributed by atoms with Gasteiger partial charge < -0.3 is 20.1 Å². The van der Waals surface area contributed by atoms with Crippen molar-refractivity contribution in [1.82, 2.24) is 25.2 Å². The van der Waals surface area contributed by atoms with Crippen LogP contribution >= 0.6 is 0 Å². The summed E-state index contributed by atoms with van der Waals surface area (Å²) in [7, 11) is 0. The second-order valence-corrected chi connectivity index (χ2v) is 6.05. The number of carbonyl (C=O) groups is 1. The lowest BCUT2D eigenvalue weighted by molar-refractivity contribution is 0.150. The van der Waals surface area contributed by atoms with Crippen molar-refractivity contribution in [3.8, 4) is 0 Å². The first-order valence-corrected chi connectivity index (χ1v) is 7.85. The topological polar surface area (TPSA) is 92.5 Å². The van der Waals surface area contributed by atoms with E-state index < -0.39 is 0 Å². The van der Waals surface area contributed by atoms with Crippen LogP contribution < -0.4 is 5.32 Å². The number of carbonyl (C=O) groups excluding carboxylic acids is 1. The molecule has 3 rings (SSSR count). The summed E-state index contributed by atoms with van der Waals surface area (Å²) in [5, 5.41) is 20.0. The zero-order valence-corrected chi connectivity index (χ0v) is 12.8. The third kappa shape index (κ3) is 3.07. The number of amides is 2. The highest BCUT2D eigenvalue weighted by molar-refractivity contribution is 5.75. The van der Waals surface area contributed by atoms with Crippen LogP contribution in [-0.2, 0) is 11.3 Å². The van der Waals surface area contributed by atoms with Gasteiger partial charge in [0, 0.05) is 12.6 Å². The quantitative estimate of drug-likeness (QED) is 0.837. The van der Waals surface area contributed by atoms with E-state index in [1.807, 2.05) is 4.90 Å². The van der Waals surface area contributed by atoms with Crippen molar-refractivity contribution in [3.63, 3.8) is 0 Å². The van der Waals surface area contributed by atoms with Gasteiger partial charge in [-0.3, -0.25) is 0 Å². The van der Waals surface area contributed by atoms with Crippen LogP contribution in [0.4, 0.5) is 4.79 Å². The molecule has 2 aliphatic rings. The maximum absolute atomic E-state index is 12.5. The Kier molecular flexibility index (Phi) is 4.58. The summed E-state index contributed by atoms with van der Waals surface area (Å²) < 4.78 is 7.17. The van der Waals surface area contributed by atoms with Gasteiger partial charge in [0.05, 0.1) is 38.1 Å². The molecule has 0 spiro atoms. The lowest BCUT2D eigenvalue weighted by atomic mass is 10.0. The van der Waals surface area contributed by atoms with Gasteiger partial charge in [0.1, 0.15) is 5.69 Å². The number of ether oxygens (including phenoxy) is 1. The average molecular weight is 309 g/mol. The van der Waals surface area contributed by atoms with Crippen molar-refractivity contribution in [1.29, 1.82) is 0 Å². The molecule has 2 N–H and O–H groups in total. The summed E-state index contributed by atoms with van der Waals surface area (Å²) in [6.07, 6.45) is 5.00. The summed E-state index contributed by atoms with van der Waals surface area (Å²) in [5.74, 6) is 0. The predicted octanol–water partition coefficient (Wildman–Crippen LogP) is 0.294. The summed E-state index contributed by atoms with van der Waals surface area (Å²) in [6, 6.07) is 0.0313. The second kappa shape index (κ2) is 6.62. The van der Waals surface area contributed by atoms with E-state index in [1.165, 1.54) is 6.42 Å². The lowest BCUT2D eigenvalue weighted by Crippen LogP contribution is -2.52. The van der Waals surface area contributed by atoms with E-state index in [-0.39, 0.29) is 30.8 Å². The van der Waals surface area contributed by atoms with Crippen LogP contribution in [0.5, 0.6) is 0 Å². The van der Waals surface area contributed by atoms with Gasteiger partial charge in [-0.05, 0) is 26.2 Å². The second-order valence-electron chi connectivity index (χ2n) is 6.05. The molecule has 8 heteroatoms. The highest BCUT2D eigenvalue weighted by Gasteiger charge is 2.34. The number of aromatic nitrogens is 3. The highest BCUT2D eigenvalue weighted by Crippen LogP contribution is 2.21. The molecular formula is C14H23N5O3. The predicted molar refractivity (Wildman–Crippen MR) is 78.1 cm³/mol. The van der Waals surface area contributed by atoms with Gasteiger partial charge in [-0.15, -0.1) is 5.10 Å². The Morgan fingerprint density at radius 1 is 1.50 bits per heavy atom. The molecule has 3 heterocycles. The number of nitrogens with zero attached hydrogens (tertiary/aromatic N) is 4. The molecule has 8 nitrogen and oxygen atoms in total. The van der Waals surface area contributed by atoms with E-state index in [0.717, 1.165) is 19.4 Å². The average Bonchev–Trinajstić information content (AvgIpc) is 3.15. The fraction of sp³-hybridized carbons (Fsp3) is 0.786. The fourth-order valence-electron chi connectivity index (χ4n) is 3.13. The number of aliphatic hydroxyl groups excluding tert-OH is 1. The zero-order valence-electron chi connectivity index (χ0n) is 12.8. The third-order valence-corrected chi connectivity index (χ3v) is 4.48. The Morgan fingerprint density at radius 3 is 3.09 bits per heavy atom. The number of nitrogens with one attached hydrogen (secondary N) is 1. The molecule has 0 radical (unpaired) electrons. The fourth-order valence-corrected chi connectivity index (χ4v) is 3.13. The van der Waals surface area contributed by atoms with Crippen molar-refractivity contribution < 1.29 is 14.6 Å². The smallest absolute Gasteiger partial charge is 0.318 e. The van der Waals surface area contributed by atoms with Crippen molar-refractivity contribution in [2.75, 3.05) is 19.8 Å². The van der Waals surface area contributed by atoms with E-state index in [2.05, 4.69) is 22.6 Å². The number of likely N-dealkylation sites (tertiary alicyclic amines) is 1. The molecule has 0 aliphatic carbocycles. The van der Waals surface area contributed by atoms with E-state index >= 15 is 0 Å². The van der Waals surface area contributed by atoms with Crippen molar-refractivity contribution in [2.24, 2.45) is 0 Å². The van der Waals surface area contributed by atoms with Crippen molar-refractivity contribution in [3.05, 3.63) is 11.9 Å². The molecule has 1 aromatic heterocycles. The molecule has 2 saturated heterocycles. The molecule has 1 aromatic rings. The van der Waals surface area contributed by atoms with E-state index in [4.69, 9.17) is 9.84 Å². The van der Waals surface area contributed by atoms with Gasteiger partial charge in [-0.25, -0.2) is 9.48 Å². The lowest BCUT2D eigenvalue weighted by Gasteiger charge is -2.34. The molecule has 0 aromatic carbocycles. The van der Waals surface area contributed by atoms with Gasteiger partial charge in [0.15, 0.2) is 0 Å². The molecule has 2 fully saturated rings. The molecule has 3 atom stereocenters. The maximum Gasteiger partial charge on any atom is 0.318 e. The highest BCUT2D eigenvalue weighted by atomic mass is 16.5. The maximum atomic E-state index is 12.5. The van der Waals surface area contributed by atoms with Gasteiger partial charge >= 0.3 is 6.03 Å². The molecule has 1 unspecified atom stereocenters. The molecule has 0 saturated carbocycles. The van der Waals surface area contributed by atoms with Crippen LogP contribution in [0.15, 0.2) is 6.20 Å². The Labute approximate surface area is 129 Å². The normalized spacial score (nSPS) is 28.8. The zero-order chi connectivity index (χ0) is 15.5. The monoisotopic (exact) mass is 309 g/mol. The molecule has 2 aliphatic heterocycles. The number of hydrogen-bond donors (Lipinski definition) is 2. The third-order valence-electron chi connectivity index (χ3n) is 4.48. The Hall–Kier alpha value is -1.67. The van der Waals surface area contributed by atoms with Crippen LogP contribution in [-0.4, -0.2) is 62.9 Å². The number of piperidine rings is 1. The van der Waals surface area contributed by atoms with Gasteiger partial charge in [-0.2, -0.15) is 0 Å². The largest absolute Gasteiger partial charge is 0.390 e. The SMILES string of the molecule is CC1CCCCN1C(=O)N[C@@H]1COC[C@@H]1n1cc(CO)nn1. The molecule has 2 amide bonds. The Bertz CT molecular complexity index is 520. The van der Waals surface area contributed by atoms with E-state index in [1.54, 1.807) is 10.9 Å². The summed E-state index contributed by atoms with van der Waals surface area (Å²) in [5.41, 5.74) is 0.515. The minimum absolute atomic E-state index is 0.0322. The first-order valence-electron chi connectivity index (χ1n) is 7.85. The summed E-state index contributed by atoms with van der Waals surface area (Å²) >= 11 is 0. The minimum Gasteiger partial charge on any atom is -0.390 e. The Balaban J connectivity index is 1.64. The Morgan fingerprint density at radius 2 is 2.36 bits per heavy atom. The van der Waals surface area contributed by atoms with Gasteiger partial charge in [0.2, 0.25) is 0 Å². The number of hydrogen-bond acceptors (Lipinski definition) is 5. The number of urea groups is 1. The van der Waals surface area contributed by atoms with Gasteiger partial charge in [-0.1, -0.05) is 5.21 Å². The van der Waals surface area contributed by atoms with Crippen molar-refractivity contribution in [2.45, 2.75) is 50.9 Å². The summed E-state index contributed by atoms with van der Waals surface area (Å²) in [6.45, 7) is 3.70. The van der Waals surface area contributed by atoms with Crippen LogP contribution in [0.1, 0.15) is 37.9 Å². The van der Waals surface area contributed by atoms with E-state index in [0.29, 0.717) is 18.9 Å². The molecule has 122 valence electrons. The van der Waals surface area contributed by atoms with Crippen LogP contribution in [0, 0.1) is 0 Å². The van der Waals surface area contributed by atoms with E-state index in [9.17, 15) is 4.79 Å². The first-order chi connectivity index (χ1) is 10.7. The first kappa shape index (κ1) is 15.2. The van der Waals surface area contributed by atoms with Crippen LogP contribution in [0.2, 0.25) is 0 Å². The molecular weight excluding hydrogens is 286 g/mol. The number of rotatable bonds is 3. The molecule has 0 bridgehead atoms. The van der Waals surface area contributed by atoms with Gasteiger partial charge in [0.25, 0.3) is 0 Å². The minimum atomic E-state index is -0.143. The molecule has 22 heavy (non-hydrogen) atoms. The number of aliphatic hydroxyl groups is 1.